The second-order valence-electron chi connectivity index (χ2n) is 6.91. The maximum absolute atomic E-state index is 13.2. The van der Waals surface area contributed by atoms with Crippen molar-refractivity contribution in [3.8, 4) is 0 Å². The van der Waals surface area contributed by atoms with Crippen molar-refractivity contribution in [3.63, 3.8) is 0 Å². The Labute approximate surface area is 131 Å². The summed E-state index contributed by atoms with van der Waals surface area (Å²) in [4.78, 5) is 26.1. The topological polar surface area (TPSA) is 57.6 Å². The smallest absolute Gasteiger partial charge is 0.305 e. The lowest BCUT2D eigenvalue weighted by atomic mass is 9.77. The first-order valence-electron chi connectivity index (χ1n) is 8.05. The summed E-state index contributed by atoms with van der Waals surface area (Å²) in [6.45, 7) is 5.06. The molecule has 0 aromatic rings. The summed E-state index contributed by atoms with van der Waals surface area (Å²) >= 11 is 1.76. The molecule has 1 heterocycles. The third-order valence-corrected chi connectivity index (χ3v) is 5.80. The van der Waals surface area contributed by atoms with E-state index in [4.69, 9.17) is 5.11 Å². The lowest BCUT2D eigenvalue weighted by Crippen LogP contribution is -2.52. The van der Waals surface area contributed by atoms with Crippen LogP contribution in [0.4, 0.5) is 0 Å². The van der Waals surface area contributed by atoms with Gasteiger partial charge < -0.3 is 10.0 Å². The first-order valence-corrected chi connectivity index (χ1v) is 9.21. The van der Waals surface area contributed by atoms with Crippen molar-refractivity contribution in [3.05, 3.63) is 0 Å². The molecule has 21 heavy (non-hydrogen) atoms. The Hall–Kier alpha value is -0.710. The fraction of sp³-hybridized carbons (Fsp3) is 0.875. The molecule has 1 aliphatic carbocycles. The van der Waals surface area contributed by atoms with Crippen molar-refractivity contribution in [2.75, 3.05) is 18.1 Å². The van der Waals surface area contributed by atoms with Gasteiger partial charge in [-0.1, -0.05) is 26.7 Å². The van der Waals surface area contributed by atoms with Crippen LogP contribution in [0.2, 0.25) is 0 Å². The Kier molecular flexibility index (Phi) is 5.58. The number of aliphatic carboxylic acids is 1. The van der Waals surface area contributed by atoms with Crippen LogP contribution in [0.5, 0.6) is 0 Å². The summed E-state index contributed by atoms with van der Waals surface area (Å²) in [7, 11) is 0. The van der Waals surface area contributed by atoms with Gasteiger partial charge in [-0.05, 0) is 25.2 Å². The number of amides is 1. The van der Waals surface area contributed by atoms with Gasteiger partial charge in [0, 0.05) is 23.5 Å². The second kappa shape index (κ2) is 7.03. The summed E-state index contributed by atoms with van der Waals surface area (Å²) in [5.74, 6) is 1.63. The highest BCUT2D eigenvalue weighted by atomic mass is 32.2. The maximum atomic E-state index is 13.2. The van der Waals surface area contributed by atoms with E-state index >= 15 is 0 Å². The predicted octanol–water partition coefficient (Wildman–Crippen LogP) is 3.01. The summed E-state index contributed by atoms with van der Waals surface area (Å²) in [5.41, 5.74) is -0.215. The average molecular weight is 313 g/mol. The van der Waals surface area contributed by atoms with Gasteiger partial charge in [-0.2, -0.15) is 11.8 Å². The van der Waals surface area contributed by atoms with Crippen LogP contribution in [-0.4, -0.2) is 46.0 Å². The Balaban J connectivity index is 2.15. The molecule has 0 radical (unpaired) electrons. The standard InChI is InChI=1S/C16H27NO3S/c1-12(2)10-16(5-3-4-6-16)15(20)17-7-8-21-11-13(17)9-14(18)19/h12-13H,3-11H2,1-2H3,(H,18,19). The lowest BCUT2D eigenvalue weighted by Gasteiger charge is -2.41. The van der Waals surface area contributed by atoms with Gasteiger partial charge in [-0.3, -0.25) is 9.59 Å². The Morgan fingerprint density at radius 2 is 2.00 bits per heavy atom. The van der Waals surface area contributed by atoms with E-state index in [1.165, 1.54) is 0 Å². The molecule has 0 aromatic heterocycles. The summed E-state index contributed by atoms with van der Waals surface area (Å²) in [5, 5.41) is 9.09. The van der Waals surface area contributed by atoms with E-state index in [-0.39, 0.29) is 23.8 Å². The maximum Gasteiger partial charge on any atom is 0.305 e. The van der Waals surface area contributed by atoms with Crippen LogP contribution in [0.1, 0.15) is 52.4 Å². The van der Waals surface area contributed by atoms with Crippen LogP contribution in [-0.2, 0) is 9.59 Å². The van der Waals surface area contributed by atoms with Gasteiger partial charge in [-0.15, -0.1) is 0 Å². The third kappa shape index (κ3) is 3.93. The van der Waals surface area contributed by atoms with Crippen molar-refractivity contribution < 1.29 is 14.7 Å². The van der Waals surface area contributed by atoms with Crippen LogP contribution in [0.3, 0.4) is 0 Å². The summed E-state index contributed by atoms with van der Waals surface area (Å²) < 4.78 is 0. The molecule has 2 fully saturated rings. The largest absolute Gasteiger partial charge is 0.481 e. The molecule has 1 saturated heterocycles. The van der Waals surface area contributed by atoms with Gasteiger partial charge >= 0.3 is 5.97 Å². The number of nitrogens with zero attached hydrogens (tertiary/aromatic N) is 1. The number of hydrogen-bond acceptors (Lipinski definition) is 3. The lowest BCUT2D eigenvalue weighted by molar-refractivity contribution is -0.147. The number of hydrogen-bond donors (Lipinski definition) is 1. The fourth-order valence-corrected chi connectivity index (χ4v) is 5.00. The molecule has 2 aliphatic rings. The average Bonchev–Trinajstić information content (AvgIpc) is 2.87. The van der Waals surface area contributed by atoms with E-state index in [1.807, 2.05) is 4.90 Å². The van der Waals surface area contributed by atoms with Crippen molar-refractivity contribution >= 4 is 23.6 Å². The third-order valence-electron chi connectivity index (χ3n) is 4.71. The van der Waals surface area contributed by atoms with Gasteiger partial charge in [0.15, 0.2) is 0 Å². The minimum absolute atomic E-state index is 0.0799. The molecule has 1 aliphatic heterocycles. The molecule has 5 heteroatoms. The molecule has 1 atom stereocenters. The minimum Gasteiger partial charge on any atom is -0.481 e. The monoisotopic (exact) mass is 313 g/mol. The van der Waals surface area contributed by atoms with Gasteiger partial charge in [0.05, 0.1) is 12.5 Å². The highest BCUT2D eigenvalue weighted by Gasteiger charge is 2.45. The van der Waals surface area contributed by atoms with Crippen molar-refractivity contribution in [2.45, 2.75) is 58.4 Å². The molecule has 0 spiro atoms. The van der Waals surface area contributed by atoms with Crippen molar-refractivity contribution in [1.82, 2.24) is 4.90 Å². The Morgan fingerprint density at radius 3 is 2.57 bits per heavy atom. The zero-order chi connectivity index (χ0) is 15.5. The minimum atomic E-state index is -0.801. The molecule has 120 valence electrons. The molecular weight excluding hydrogens is 286 g/mol. The van der Waals surface area contributed by atoms with E-state index < -0.39 is 5.97 Å². The van der Waals surface area contributed by atoms with Crippen LogP contribution >= 0.6 is 11.8 Å². The number of carboxylic acid groups (broad SMARTS) is 1. The number of carbonyl (C=O) groups is 2. The number of carbonyl (C=O) groups excluding carboxylic acids is 1. The van der Waals surface area contributed by atoms with Crippen LogP contribution in [0, 0.1) is 11.3 Å². The molecule has 0 aromatic carbocycles. The molecule has 2 rings (SSSR count). The van der Waals surface area contributed by atoms with E-state index in [2.05, 4.69) is 13.8 Å². The number of carboxylic acids is 1. The highest BCUT2D eigenvalue weighted by Crippen LogP contribution is 2.45. The molecular formula is C16H27NO3S. The number of rotatable bonds is 5. The Morgan fingerprint density at radius 1 is 1.33 bits per heavy atom. The summed E-state index contributed by atoms with van der Waals surface area (Å²) in [6, 6.07) is -0.126. The zero-order valence-corrected chi connectivity index (χ0v) is 14.0. The van der Waals surface area contributed by atoms with E-state index in [0.717, 1.165) is 43.6 Å². The van der Waals surface area contributed by atoms with E-state index in [1.54, 1.807) is 11.8 Å². The van der Waals surface area contributed by atoms with E-state index in [9.17, 15) is 9.59 Å². The van der Waals surface area contributed by atoms with Gasteiger partial charge in [0.2, 0.25) is 5.91 Å². The van der Waals surface area contributed by atoms with Gasteiger partial charge in [-0.25, -0.2) is 0 Å². The second-order valence-corrected chi connectivity index (χ2v) is 8.06. The molecule has 4 nitrogen and oxygen atoms in total. The molecule has 1 amide bonds. The highest BCUT2D eigenvalue weighted by molar-refractivity contribution is 7.99. The molecule has 1 saturated carbocycles. The fourth-order valence-electron chi connectivity index (χ4n) is 3.94. The van der Waals surface area contributed by atoms with Crippen molar-refractivity contribution in [1.29, 1.82) is 0 Å². The van der Waals surface area contributed by atoms with Gasteiger partial charge in [0.25, 0.3) is 0 Å². The first kappa shape index (κ1) is 16.7. The normalized spacial score (nSPS) is 25.3. The first-order chi connectivity index (χ1) is 9.94. The SMILES string of the molecule is CC(C)CC1(C(=O)N2CCSCC2CC(=O)O)CCCC1. The van der Waals surface area contributed by atoms with Crippen molar-refractivity contribution in [2.24, 2.45) is 11.3 Å². The van der Waals surface area contributed by atoms with Gasteiger partial charge in [0.1, 0.15) is 0 Å². The molecule has 1 unspecified atom stereocenters. The molecule has 1 N–H and O–H groups in total. The molecule has 0 bridgehead atoms. The summed E-state index contributed by atoms with van der Waals surface area (Å²) in [6.07, 6.45) is 5.24. The predicted molar refractivity (Wildman–Crippen MR) is 85.4 cm³/mol. The Bertz CT molecular complexity index is 391. The van der Waals surface area contributed by atoms with E-state index in [0.29, 0.717) is 12.5 Å². The van der Waals surface area contributed by atoms with Crippen LogP contribution < -0.4 is 0 Å². The van der Waals surface area contributed by atoms with Crippen LogP contribution in [0.25, 0.3) is 0 Å². The zero-order valence-electron chi connectivity index (χ0n) is 13.1. The quantitative estimate of drug-likeness (QED) is 0.847. The number of thioether (sulfide) groups is 1. The van der Waals surface area contributed by atoms with Crippen LogP contribution in [0.15, 0.2) is 0 Å².